The number of likely N-dealkylation sites (tertiary alicyclic amines) is 1. The topological polar surface area (TPSA) is 20.3 Å². The van der Waals surface area contributed by atoms with Gasteiger partial charge in [-0.3, -0.25) is 4.79 Å². The normalized spacial score (nSPS) is 25.7. The zero-order valence-corrected chi connectivity index (χ0v) is 8.18. The van der Waals surface area contributed by atoms with E-state index in [4.69, 9.17) is 0 Å². The van der Waals surface area contributed by atoms with Gasteiger partial charge in [0.2, 0.25) is 0 Å². The smallest absolute Gasteiger partial charge is 0.137 e. The van der Waals surface area contributed by atoms with Crippen molar-refractivity contribution in [2.24, 2.45) is 5.92 Å². The lowest BCUT2D eigenvalue weighted by atomic mass is 9.92. The zero-order valence-electron chi connectivity index (χ0n) is 8.18. The summed E-state index contributed by atoms with van der Waals surface area (Å²) in [5.74, 6) is 0.813. The lowest BCUT2D eigenvalue weighted by Gasteiger charge is -2.28. The van der Waals surface area contributed by atoms with Gasteiger partial charge in [-0.05, 0) is 32.9 Å². The summed E-state index contributed by atoms with van der Waals surface area (Å²) in [7, 11) is 2.10. The van der Waals surface area contributed by atoms with Crippen LogP contribution in [0.15, 0.2) is 0 Å². The Kier molecular flexibility index (Phi) is 3.73. The highest BCUT2D eigenvalue weighted by atomic mass is 16.1. The molecule has 0 aromatic carbocycles. The van der Waals surface area contributed by atoms with E-state index in [0.29, 0.717) is 11.7 Å². The number of Topliss-reactive ketones (excluding diaryl/α,β-unsaturated/α-hetero) is 1. The number of hydrogen-bond acceptors (Lipinski definition) is 2. The van der Waals surface area contributed by atoms with Crippen molar-refractivity contribution in [2.45, 2.75) is 32.6 Å². The van der Waals surface area contributed by atoms with Gasteiger partial charge in [0.25, 0.3) is 0 Å². The van der Waals surface area contributed by atoms with Crippen LogP contribution in [0.4, 0.5) is 0 Å². The second kappa shape index (κ2) is 4.61. The Bertz CT molecular complexity index is 156. The number of hydrogen-bond donors (Lipinski definition) is 0. The molecule has 0 spiro atoms. The number of nitrogens with zero attached hydrogens (tertiary/aromatic N) is 1. The molecule has 12 heavy (non-hydrogen) atoms. The summed E-state index contributed by atoms with van der Waals surface area (Å²) in [6.07, 6.45) is 4.08. The monoisotopic (exact) mass is 169 g/mol. The lowest BCUT2D eigenvalue weighted by Crippen LogP contribution is -2.35. The van der Waals surface area contributed by atoms with E-state index in [1.165, 1.54) is 6.42 Å². The largest absolute Gasteiger partial charge is 0.306 e. The van der Waals surface area contributed by atoms with Crippen LogP contribution in [0.2, 0.25) is 0 Å². The summed E-state index contributed by atoms with van der Waals surface area (Å²) in [5.41, 5.74) is 0. The first-order chi connectivity index (χ1) is 5.74. The molecule has 0 aliphatic carbocycles. The fraction of sp³-hybridized carbons (Fsp3) is 0.900. The molecule has 0 amide bonds. The number of piperidine rings is 1. The van der Waals surface area contributed by atoms with Gasteiger partial charge in [-0.15, -0.1) is 0 Å². The quantitative estimate of drug-likeness (QED) is 0.641. The van der Waals surface area contributed by atoms with Gasteiger partial charge in [0.1, 0.15) is 5.78 Å². The molecule has 0 aromatic heterocycles. The van der Waals surface area contributed by atoms with E-state index >= 15 is 0 Å². The van der Waals surface area contributed by atoms with E-state index in [9.17, 15) is 4.79 Å². The minimum atomic E-state index is 0.337. The van der Waals surface area contributed by atoms with Crippen LogP contribution < -0.4 is 0 Å². The van der Waals surface area contributed by atoms with Crippen molar-refractivity contribution >= 4 is 5.78 Å². The van der Waals surface area contributed by atoms with Crippen molar-refractivity contribution in [3.8, 4) is 0 Å². The molecule has 0 bridgehead atoms. The number of carbonyl (C=O) groups is 1. The number of ketones is 1. The van der Waals surface area contributed by atoms with Crippen molar-refractivity contribution in [3.63, 3.8) is 0 Å². The summed E-state index contributed by atoms with van der Waals surface area (Å²) < 4.78 is 0. The molecule has 0 aromatic rings. The van der Waals surface area contributed by atoms with E-state index < -0.39 is 0 Å². The number of rotatable bonds is 3. The second-order valence-electron chi connectivity index (χ2n) is 3.82. The molecule has 70 valence electrons. The first-order valence-electron chi connectivity index (χ1n) is 4.95. The highest BCUT2D eigenvalue weighted by Gasteiger charge is 2.22. The maximum atomic E-state index is 11.5. The summed E-state index contributed by atoms with van der Waals surface area (Å²) in [6.45, 7) is 4.22. The number of carbonyl (C=O) groups excluding carboxylic acids is 1. The maximum absolute atomic E-state index is 11.5. The zero-order chi connectivity index (χ0) is 8.97. The Morgan fingerprint density at radius 1 is 1.58 bits per heavy atom. The van der Waals surface area contributed by atoms with E-state index in [-0.39, 0.29) is 0 Å². The molecule has 1 aliphatic heterocycles. The van der Waals surface area contributed by atoms with Crippen molar-refractivity contribution in [1.82, 2.24) is 4.90 Å². The molecule has 2 nitrogen and oxygen atoms in total. The third kappa shape index (κ3) is 2.59. The predicted octanol–water partition coefficient (Wildman–Crippen LogP) is 1.70. The predicted molar refractivity (Wildman–Crippen MR) is 50.1 cm³/mol. The van der Waals surface area contributed by atoms with Crippen molar-refractivity contribution in [2.75, 3.05) is 20.1 Å². The fourth-order valence-corrected chi connectivity index (χ4v) is 1.88. The second-order valence-corrected chi connectivity index (χ2v) is 3.82. The third-order valence-electron chi connectivity index (χ3n) is 2.58. The van der Waals surface area contributed by atoms with Gasteiger partial charge in [-0.25, -0.2) is 0 Å². The Morgan fingerprint density at radius 2 is 2.33 bits per heavy atom. The molecule has 0 N–H and O–H groups in total. The molecule has 2 heteroatoms. The minimum absolute atomic E-state index is 0.337. The molecule has 1 saturated heterocycles. The lowest BCUT2D eigenvalue weighted by molar-refractivity contribution is -0.124. The summed E-state index contributed by atoms with van der Waals surface area (Å²) in [5, 5.41) is 0. The average Bonchev–Trinajstić information content (AvgIpc) is 2.05. The van der Waals surface area contributed by atoms with E-state index in [2.05, 4.69) is 18.9 Å². The molecule has 1 unspecified atom stereocenters. The molecular formula is C10H19NO. The molecule has 0 radical (unpaired) electrons. The van der Waals surface area contributed by atoms with Gasteiger partial charge in [0, 0.05) is 18.9 Å². The van der Waals surface area contributed by atoms with Gasteiger partial charge >= 0.3 is 0 Å². The van der Waals surface area contributed by atoms with Crippen LogP contribution in [0.1, 0.15) is 32.6 Å². The fourth-order valence-electron chi connectivity index (χ4n) is 1.88. The standard InChI is InChI=1S/C10H19NO/c1-3-5-10(12)9-6-4-7-11(2)8-9/h9H,3-8H2,1-2H3. The Labute approximate surface area is 74.9 Å². The van der Waals surface area contributed by atoms with Gasteiger partial charge in [0.05, 0.1) is 0 Å². The van der Waals surface area contributed by atoms with Gasteiger partial charge in [0.15, 0.2) is 0 Å². The molecule has 1 aliphatic rings. The highest BCUT2D eigenvalue weighted by molar-refractivity contribution is 5.81. The maximum Gasteiger partial charge on any atom is 0.137 e. The molecule has 1 rings (SSSR count). The van der Waals surface area contributed by atoms with Gasteiger partial charge in [-0.2, -0.15) is 0 Å². The molecular weight excluding hydrogens is 150 g/mol. The molecule has 1 atom stereocenters. The van der Waals surface area contributed by atoms with E-state index in [1.807, 2.05) is 0 Å². The van der Waals surface area contributed by atoms with Crippen LogP contribution >= 0.6 is 0 Å². The first-order valence-corrected chi connectivity index (χ1v) is 4.95. The Morgan fingerprint density at radius 3 is 2.92 bits per heavy atom. The van der Waals surface area contributed by atoms with Crippen LogP contribution in [-0.4, -0.2) is 30.8 Å². The summed E-state index contributed by atoms with van der Waals surface area (Å²) in [6, 6.07) is 0. The van der Waals surface area contributed by atoms with Crippen LogP contribution in [0.5, 0.6) is 0 Å². The van der Waals surface area contributed by atoms with Crippen molar-refractivity contribution in [3.05, 3.63) is 0 Å². The molecule has 0 saturated carbocycles. The van der Waals surface area contributed by atoms with Crippen LogP contribution in [0.25, 0.3) is 0 Å². The van der Waals surface area contributed by atoms with E-state index in [1.54, 1.807) is 0 Å². The minimum Gasteiger partial charge on any atom is -0.306 e. The van der Waals surface area contributed by atoms with Crippen molar-refractivity contribution in [1.29, 1.82) is 0 Å². The third-order valence-corrected chi connectivity index (χ3v) is 2.58. The van der Waals surface area contributed by atoms with Crippen LogP contribution in [0, 0.1) is 5.92 Å². The average molecular weight is 169 g/mol. The van der Waals surface area contributed by atoms with Gasteiger partial charge in [-0.1, -0.05) is 6.92 Å². The molecule has 1 fully saturated rings. The Balaban J connectivity index is 2.35. The van der Waals surface area contributed by atoms with E-state index in [0.717, 1.165) is 32.4 Å². The molecule has 1 heterocycles. The van der Waals surface area contributed by atoms with Gasteiger partial charge < -0.3 is 4.90 Å². The van der Waals surface area contributed by atoms with Crippen molar-refractivity contribution < 1.29 is 4.79 Å². The van der Waals surface area contributed by atoms with Crippen LogP contribution in [0.3, 0.4) is 0 Å². The Hall–Kier alpha value is -0.370. The van der Waals surface area contributed by atoms with Crippen LogP contribution in [-0.2, 0) is 4.79 Å². The summed E-state index contributed by atoms with van der Waals surface area (Å²) in [4.78, 5) is 13.8. The highest BCUT2D eigenvalue weighted by Crippen LogP contribution is 2.17. The first kappa shape index (κ1) is 9.72. The SMILES string of the molecule is CCCC(=O)C1CCCN(C)C1. The summed E-state index contributed by atoms with van der Waals surface area (Å²) >= 11 is 0.